The maximum Gasteiger partial charge on any atom is 0.280 e. The fourth-order valence-corrected chi connectivity index (χ4v) is 4.52. The molecular weight excluding hydrogens is 362 g/mol. The van der Waals surface area contributed by atoms with Crippen molar-refractivity contribution in [3.63, 3.8) is 0 Å². The number of hydrogen-bond donors (Lipinski definition) is 3. The average molecular weight is 389 g/mol. The standard InChI is InChI=1S/C20H25N3O3S/c1-4-26-14-10-8-13(9-11-14)21-19(25)18-15-6-5-7-16(15)27-20(18)22-17(24)12-23(2)3/h8-11H,4-7,12H2,1-3H3,(H,21,25)(H,22,24)/p+1. The van der Waals surface area contributed by atoms with Gasteiger partial charge in [0.15, 0.2) is 6.54 Å². The van der Waals surface area contributed by atoms with Crippen LogP contribution in [0, 0.1) is 0 Å². The summed E-state index contributed by atoms with van der Waals surface area (Å²) in [6.07, 6.45) is 2.91. The Morgan fingerprint density at radius 2 is 1.89 bits per heavy atom. The van der Waals surface area contributed by atoms with Crippen LogP contribution in [0.5, 0.6) is 5.75 Å². The van der Waals surface area contributed by atoms with Gasteiger partial charge in [-0.2, -0.15) is 0 Å². The fraction of sp³-hybridized carbons (Fsp3) is 0.400. The molecular formula is C20H26N3O3S+. The summed E-state index contributed by atoms with van der Waals surface area (Å²) in [6, 6.07) is 7.31. The number of thiophene rings is 1. The summed E-state index contributed by atoms with van der Waals surface area (Å²) >= 11 is 1.53. The van der Waals surface area contributed by atoms with Crippen LogP contribution in [-0.2, 0) is 17.6 Å². The first-order valence-electron chi connectivity index (χ1n) is 9.25. The van der Waals surface area contributed by atoms with Gasteiger partial charge < -0.3 is 20.3 Å². The largest absolute Gasteiger partial charge is 0.494 e. The van der Waals surface area contributed by atoms with Crippen molar-refractivity contribution in [3.8, 4) is 5.75 Å². The lowest BCUT2D eigenvalue weighted by Crippen LogP contribution is -3.06. The Labute approximate surface area is 163 Å². The zero-order valence-electron chi connectivity index (χ0n) is 16.0. The molecule has 0 radical (unpaired) electrons. The van der Waals surface area contributed by atoms with Gasteiger partial charge in [-0.05, 0) is 56.0 Å². The second-order valence-corrected chi connectivity index (χ2v) is 8.01. The van der Waals surface area contributed by atoms with Crippen molar-refractivity contribution in [2.45, 2.75) is 26.2 Å². The molecule has 0 bridgehead atoms. The molecule has 144 valence electrons. The molecule has 1 heterocycles. The second-order valence-electron chi connectivity index (χ2n) is 6.91. The number of ether oxygens (including phenoxy) is 1. The molecule has 0 saturated carbocycles. The minimum Gasteiger partial charge on any atom is -0.494 e. The van der Waals surface area contributed by atoms with Crippen molar-refractivity contribution in [2.24, 2.45) is 0 Å². The summed E-state index contributed by atoms with van der Waals surface area (Å²) in [4.78, 5) is 27.4. The summed E-state index contributed by atoms with van der Waals surface area (Å²) in [7, 11) is 3.85. The molecule has 2 amide bonds. The van der Waals surface area contributed by atoms with Crippen molar-refractivity contribution in [3.05, 3.63) is 40.3 Å². The summed E-state index contributed by atoms with van der Waals surface area (Å²) in [5.74, 6) is 0.516. The highest BCUT2D eigenvalue weighted by atomic mass is 32.1. The fourth-order valence-electron chi connectivity index (χ4n) is 3.22. The molecule has 1 aromatic carbocycles. The Bertz CT molecular complexity index is 828. The maximum absolute atomic E-state index is 13.0. The topological polar surface area (TPSA) is 71.9 Å². The molecule has 1 aromatic heterocycles. The molecule has 0 spiro atoms. The Hall–Kier alpha value is -2.38. The molecule has 0 saturated heterocycles. The van der Waals surface area contributed by atoms with Gasteiger partial charge >= 0.3 is 0 Å². The van der Waals surface area contributed by atoms with Crippen LogP contribution in [-0.4, -0.2) is 39.1 Å². The Balaban J connectivity index is 1.79. The van der Waals surface area contributed by atoms with E-state index in [1.165, 1.54) is 16.2 Å². The van der Waals surface area contributed by atoms with Crippen LogP contribution in [0.2, 0.25) is 0 Å². The van der Waals surface area contributed by atoms with Gasteiger partial charge in [0, 0.05) is 10.6 Å². The van der Waals surface area contributed by atoms with Crippen molar-refractivity contribution < 1.29 is 19.2 Å². The molecule has 1 aliphatic rings. The van der Waals surface area contributed by atoms with Crippen LogP contribution in [0.1, 0.15) is 34.1 Å². The first kappa shape index (κ1) is 19.4. The molecule has 3 N–H and O–H groups in total. The van der Waals surface area contributed by atoms with Gasteiger partial charge in [0.1, 0.15) is 10.8 Å². The zero-order chi connectivity index (χ0) is 19.4. The SMILES string of the molecule is CCOc1ccc(NC(=O)c2c(NC(=O)C[NH+](C)C)sc3c2CCC3)cc1. The normalized spacial score (nSPS) is 12.7. The number of aryl methyl sites for hydroxylation is 1. The van der Waals surface area contributed by atoms with E-state index in [0.29, 0.717) is 29.4 Å². The number of nitrogens with one attached hydrogen (secondary N) is 3. The number of carbonyl (C=O) groups excluding carboxylic acids is 2. The van der Waals surface area contributed by atoms with E-state index < -0.39 is 0 Å². The second kappa shape index (κ2) is 8.54. The molecule has 0 unspecified atom stereocenters. The average Bonchev–Trinajstić information content (AvgIpc) is 3.16. The van der Waals surface area contributed by atoms with E-state index in [1.807, 2.05) is 45.3 Å². The Kier molecular flexibility index (Phi) is 6.13. The minimum atomic E-state index is -0.175. The van der Waals surface area contributed by atoms with E-state index in [0.717, 1.165) is 35.5 Å². The van der Waals surface area contributed by atoms with Crippen molar-refractivity contribution in [1.29, 1.82) is 0 Å². The predicted octanol–water partition coefficient (Wildman–Crippen LogP) is 1.97. The molecule has 0 aliphatic heterocycles. The number of likely N-dealkylation sites (N-methyl/N-ethyl adjacent to an activating group) is 1. The maximum atomic E-state index is 13.0. The number of fused-ring (bicyclic) bond motifs is 1. The third kappa shape index (κ3) is 4.67. The predicted molar refractivity (Wildman–Crippen MR) is 108 cm³/mol. The molecule has 27 heavy (non-hydrogen) atoms. The molecule has 0 atom stereocenters. The lowest BCUT2D eigenvalue weighted by molar-refractivity contribution is -0.849. The van der Waals surface area contributed by atoms with Gasteiger partial charge in [0.25, 0.3) is 11.8 Å². The van der Waals surface area contributed by atoms with Crippen molar-refractivity contribution in [1.82, 2.24) is 0 Å². The Morgan fingerprint density at radius 1 is 1.15 bits per heavy atom. The first-order chi connectivity index (χ1) is 13.0. The van der Waals surface area contributed by atoms with E-state index in [-0.39, 0.29) is 11.8 Å². The highest BCUT2D eigenvalue weighted by Crippen LogP contribution is 2.39. The Morgan fingerprint density at radius 3 is 2.56 bits per heavy atom. The lowest BCUT2D eigenvalue weighted by atomic mass is 10.1. The number of rotatable bonds is 7. The third-order valence-electron chi connectivity index (χ3n) is 4.34. The van der Waals surface area contributed by atoms with E-state index in [2.05, 4.69) is 10.6 Å². The molecule has 1 aliphatic carbocycles. The van der Waals surface area contributed by atoms with Crippen LogP contribution in [0.25, 0.3) is 0 Å². The smallest absolute Gasteiger partial charge is 0.280 e. The summed E-state index contributed by atoms with van der Waals surface area (Å²) in [6.45, 7) is 2.90. The van der Waals surface area contributed by atoms with Gasteiger partial charge in [0.2, 0.25) is 0 Å². The minimum absolute atomic E-state index is 0.0787. The van der Waals surface area contributed by atoms with Gasteiger partial charge in [-0.15, -0.1) is 11.3 Å². The quantitative estimate of drug-likeness (QED) is 0.679. The van der Waals surface area contributed by atoms with Crippen LogP contribution >= 0.6 is 11.3 Å². The molecule has 0 fully saturated rings. The number of quaternary nitrogens is 1. The number of carbonyl (C=O) groups is 2. The number of benzene rings is 1. The summed E-state index contributed by atoms with van der Waals surface area (Å²) < 4.78 is 5.43. The van der Waals surface area contributed by atoms with E-state index >= 15 is 0 Å². The number of anilines is 2. The molecule has 2 aromatic rings. The molecule has 6 nitrogen and oxygen atoms in total. The summed E-state index contributed by atoms with van der Waals surface area (Å²) in [5, 5.41) is 6.56. The highest BCUT2D eigenvalue weighted by molar-refractivity contribution is 7.17. The van der Waals surface area contributed by atoms with Crippen LogP contribution in [0.15, 0.2) is 24.3 Å². The van der Waals surface area contributed by atoms with Crippen LogP contribution in [0.4, 0.5) is 10.7 Å². The van der Waals surface area contributed by atoms with Crippen molar-refractivity contribution in [2.75, 3.05) is 37.9 Å². The zero-order valence-corrected chi connectivity index (χ0v) is 16.8. The number of amides is 2. The molecule has 3 rings (SSSR count). The molecule has 7 heteroatoms. The third-order valence-corrected chi connectivity index (χ3v) is 5.55. The van der Waals surface area contributed by atoms with Crippen molar-refractivity contribution >= 4 is 33.8 Å². The van der Waals surface area contributed by atoms with E-state index in [9.17, 15) is 9.59 Å². The van der Waals surface area contributed by atoms with Crippen LogP contribution in [0.3, 0.4) is 0 Å². The highest BCUT2D eigenvalue weighted by Gasteiger charge is 2.27. The first-order valence-corrected chi connectivity index (χ1v) is 10.1. The number of hydrogen-bond acceptors (Lipinski definition) is 4. The lowest BCUT2D eigenvalue weighted by Gasteiger charge is -2.11. The van der Waals surface area contributed by atoms with Gasteiger partial charge in [-0.1, -0.05) is 0 Å². The monoisotopic (exact) mass is 388 g/mol. The van der Waals surface area contributed by atoms with Crippen LogP contribution < -0.4 is 20.3 Å². The summed E-state index contributed by atoms with van der Waals surface area (Å²) in [5.41, 5.74) is 2.40. The van der Waals surface area contributed by atoms with Gasteiger partial charge in [-0.3, -0.25) is 9.59 Å². The van der Waals surface area contributed by atoms with E-state index in [1.54, 1.807) is 0 Å². The van der Waals surface area contributed by atoms with Gasteiger partial charge in [0.05, 0.1) is 26.3 Å². The van der Waals surface area contributed by atoms with Gasteiger partial charge in [-0.25, -0.2) is 0 Å². The van der Waals surface area contributed by atoms with E-state index in [4.69, 9.17) is 4.74 Å².